The van der Waals surface area contributed by atoms with Crippen molar-refractivity contribution in [2.24, 2.45) is 0 Å². The van der Waals surface area contributed by atoms with Crippen LogP contribution in [0.1, 0.15) is 6.42 Å². The zero-order valence-electron chi connectivity index (χ0n) is 11.6. The van der Waals surface area contributed by atoms with Crippen molar-refractivity contribution in [2.45, 2.75) is 12.5 Å². The molecule has 0 spiro atoms. The maximum Gasteiger partial charge on any atom is 0.312 e. The van der Waals surface area contributed by atoms with E-state index in [4.69, 9.17) is 9.47 Å². The fourth-order valence-corrected chi connectivity index (χ4v) is 2.08. The minimum Gasteiger partial charge on any atom is -0.490 e. The van der Waals surface area contributed by atoms with E-state index in [9.17, 15) is 14.9 Å². The highest BCUT2D eigenvalue weighted by Gasteiger charge is 2.19. The zero-order valence-corrected chi connectivity index (χ0v) is 11.6. The number of nitrogens with zero attached hydrogens (tertiary/aromatic N) is 1. The van der Waals surface area contributed by atoms with Gasteiger partial charge in [-0.25, -0.2) is 0 Å². The van der Waals surface area contributed by atoms with Gasteiger partial charge in [0.25, 0.3) is 0 Å². The molecule has 8 heteroatoms. The van der Waals surface area contributed by atoms with Gasteiger partial charge in [0.2, 0.25) is 5.91 Å². The van der Waals surface area contributed by atoms with Crippen LogP contribution >= 0.6 is 0 Å². The number of nitro groups is 1. The van der Waals surface area contributed by atoms with Crippen LogP contribution in [0.3, 0.4) is 0 Å². The first-order chi connectivity index (χ1) is 10.1. The Hall–Kier alpha value is -2.19. The Balaban J connectivity index is 2.00. The van der Waals surface area contributed by atoms with Gasteiger partial charge in [-0.2, -0.15) is 0 Å². The lowest BCUT2D eigenvalue weighted by Gasteiger charge is -2.23. The predicted molar refractivity (Wildman–Crippen MR) is 75.5 cm³/mol. The van der Waals surface area contributed by atoms with E-state index in [1.54, 1.807) is 6.07 Å². The third-order valence-electron chi connectivity index (χ3n) is 3.08. The lowest BCUT2D eigenvalue weighted by Crippen LogP contribution is -2.40. The summed E-state index contributed by atoms with van der Waals surface area (Å²) in [6.07, 6.45) is 0.0271. The van der Waals surface area contributed by atoms with Crippen LogP contribution < -0.4 is 15.4 Å². The second-order valence-corrected chi connectivity index (χ2v) is 4.59. The van der Waals surface area contributed by atoms with E-state index in [1.807, 2.05) is 0 Å². The molecule has 1 atom stereocenters. The van der Waals surface area contributed by atoms with Crippen molar-refractivity contribution in [1.29, 1.82) is 0 Å². The third-order valence-corrected chi connectivity index (χ3v) is 3.08. The van der Waals surface area contributed by atoms with Crippen LogP contribution in [0.25, 0.3) is 0 Å². The minimum atomic E-state index is -0.553. The number of morpholine rings is 1. The van der Waals surface area contributed by atoms with Gasteiger partial charge in [0.1, 0.15) is 0 Å². The standard InChI is InChI=1S/C13H17N3O5/c1-20-12-3-2-9(6-11(12)16(18)19)15-13(17)7-10-8-14-4-5-21-10/h2-3,6,10,14H,4-5,7-8H2,1H3,(H,15,17). The Labute approximate surface area is 121 Å². The summed E-state index contributed by atoms with van der Waals surface area (Å²) < 4.78 is 10.3. The SMILES string of the molecule is COc1ccc(NC(=O)CC2CNCCO2)cc1[N+](=O)[O-]. The van der Waals surface area contributed by atoms with Gasteiger partial charge < -0.3 is 20.1 Å². The van der Waals surface area contributed by atoms with Gasteiger partial charge in [-0.3, -0.25) is 14.9 Å². The molecule has 21 heavy (non-hydrogen) atoms. The smallest absolute Gasteiger partial charge is 0.312 e. The summed E-state index contributed by atoms with van der Waals surface area (Å²) in [5.41, 5.74) is 0.169. The second kappa shape index (κ2) is 7.00. The molecule has 114 valence electrons. The molecule has 2 rings (SSSR count). The summed E-state index contributed by atoms with van der Waals surface area (Å²) in [6.45, 7) is 1.98. The number of carbonyl (C=O) groups is 1. The average Bonchev–Trinajstić information content (AvgIpc) is 2.48. The van der Waals surface area contributed by atoms with Crippen LogP contribution in [0.4, 0.5) is 11.4 Å². The van der Waals surface area contributed by atoms with Gasteiger partial charge >= 0.3 is 5.69 Å². The first-order valence-corrected chi connectivity index (χ1v) is 6.54. The summed E-state index contributed by atoms with van der Waals surface area (Å²) in [7, 11) is 1.36. The van der Waals surface area contributed by atoms with Crippen molar-refractivity contribution in [2.75, 3.05) is 32.1 Å². The van der Waals surface area contributed by atoms with Crippen molar-refractivity contribution in [3.63, 3.8) is 0 Å². The average molecular weight is 295 g/mol. The highest BCUT2D eigenvalue weighted by atomic mass is 16.6. The molecule has 1 aromatic rings. The topological polar surface area (TPSA) is 103 Å². The number of rotatable bonds is 5. The van der Waals surface area contributed by atoms with Crippen LogP contribution in [0.5, 0.6) is 5.75 Å². The van der Waals surface area contributed by atoms with Crippen molar-refractivity contribution in [3.05, 3.63) is 28.3 Å². The fourth-order valence-electron chi connectivity index (χ4n) is 2.08. The van der Waals surface area contributed by atoms with Gasteiger partial charge in [0.05, 0.1) is 31.2 Å². The molecule has 1 saturated heterocycles. The lowest BCUT2D eigenvalue weighted by atomic mass is 10.2. The van der Waals surface area contributed by atoms with Gasteiger partial charge in [-0.05, 0) is 12.1 Å². The van der Waals surface area contributed by atoms with E-state index >= 15 is 0 Å². The molecule has 1 unspecified atom stereocenters. The molecule has 1 heterocycles. The summed E-state index contributed by atoms with van der Waals surface area (Å²) in [5.74, 6) is -0.0963. The molecule has 0 radical (unpaired) electrons. The molecule has 1 aliphatic rings. The number of nitrogens with one attached hydrogen (secondary N) is 2. The first kappa shape index (κ1) is 15.2. The van der Waals surface area contributed by atoms with Gasteiger partial charge in [0.15, 0.2) is 5.75 Å². The Bertz CT molecular complexity index is 529. The Morgan fingerprint density at radius 2 is 2.43 bits per heavy atom. The molecule has 0 aromatic heterocycles. The summed E-state index contributed by atoms with van der Waals surface area (Å²) in [4.78, 5) is 22.3. The van der Waals surface area contributed by atoms with Crippen molar-refractivity contribution in [1.82, 2.24) is 5.32 Å². The monoisotopic (exact) mass is 295 g/mol. The molecule has 0 bridgehead atoms. The van der Waals surface area contributed by atoms with Gasteiger partial charge in [-0.15, -0.1) is 0 Å². The molecular weight excluding hydrogens is 278 g/mol. The number of hydrogen-bond acceptors (Lipinski definition) is 6. The molecule has 8 nitrogen and oxygen atoms in total. The number of benzene rings is 1. The van der Waals surface area contributed by atoms with E-state index in [0.717, 1.165) is 6.54 Å². The molecule has 1 amide bonds. The maximum absolute atomic E-state index is 11.9. The minimum absolute atomic E-state index is 0.151. The van der Waals surface area contributed by atoms with Crippen LogP contribution in [-0.2, 0) is 9.53 Å². The number of nitro benzene ring substituents is 1. The lowest BCUT2D eigenvalue weighted by molar-refractivity contribution is -0.385. The van der Waals surface area contributed by atoms with E-state index in [-0.39, 0.29) is 29.9 Å². The number of methoxy groups -OCH3 is 1. The van der Waals surface area contributed by atoms with Crippen LogP contribution in [-0.4, -0.2) is 43.7 Å². The van der Waals surface area contributed by atoms with E-state index < -0.39 is 4.92 Å². The first-order valence-electron chi connectivity index (χ1n) is 6.54. The number of amides is 1. The van der Waals surface area contributed by atoms with Crippen LogP contribution in [0.2, 0.25) is 0 Å². The van der Waals surface area contributed by atoms with E-state index in [1.165, 1.54) is 19.2 Å². The summed E-state index contributed by atoms with van der Waals surface area (Å²) >= 11 is 0. The molecule has 0 aliphatic carbocycles. The third kappa shape index (κ3) is 4.14. The Morgan fingerprint density at radius 3 is 3.05 bits per heavy atom. The Kier molecular flexibility index (Phi) is 5.07. The molecule has 1 aromatic carbocycles. The van der Waals surface area contributed by atoms with Gasteiger partial charge in [-0.1, -0.05) is 0 Å². The van der Waals surface area contributed by atoms with E-state index in [2.05, 4.69) is 10.6 Å². The number of hydrogen-bond donors (Lipinski definition) is 2. The quantitative estimate of drug-likeness (QED) is 0.618. The number of ether oxygens (including phenoxy) is 2. The van der Waals surface area contributed by atoms with Crippen molar-refractivity contribution in [3.8, 4) is 5.75 Å². The predicted octanol–water partition coefficient (Wildman–Crippen LogP) is 0.920. The highest BCUT2D eigenvalue weighted by Crippen LogP contribution is 2.29. The van der Waals surface area contributed by atoms with Gasteiger partial charge in [0, 0.05) is 24.8 Å². The molecule has 0 saturated carbocycles. The molecule has 2 N–H and O–H groups in total. The summed E-state index contributed by atoms with van der Waals surface area (Å²) in [5, 5.41) is 16.7. The highest BCUT2D eigenvalue weighted by molar-refractivity contribution is 5.91. The van der Waals surface area contributed by atoms with Crippen LogP contribution in [0.15, 0.2) is 18.2 Å². The molecular formula is C13H17N3O5. The Morgan fingerprint density at radius 1 is 1.62 bits per heavy atom. The molecule has 1 fully saturated rings. The normalized spacial score (nSPS) is 18.0. The second-order valence-electron chi connectivity index (χ2n) is 4.59. The maximum atomic E-state index is 11.9. The fraction of sp³-hybridized carbons (Fsp3) is 0.462. The molecule has 1 aliphatic heterocycles. The van der Waals surface area contributed by atoms with E-state index in [0.29, 0.717) is 18.8 Å². The van der Waals surface area contributed by atoms with Crippen molar-refractivity contribution >= 4 is 17.3 Å². The number of carbonyl (C=O) groups excluding carboxylic acids is 1. The van der Waals surface area contributed by atoms with Crippen molar-refractivity contribution < 1.29 is 19.2 Å². The largest absolute Gasteiger partial charge is 0.490 e. The zero-order chi connectivity index (χ0) is 15.2. The van der Waals surface area contributed by atoms with Crippen LogP contribution in [0, 0.1) is 10.1 Å². The summed E-state index contributed by atoms with van der Waals surface area (Å²) in [6, 6.07) is 4.28. The number of anilines is 1.